The van der Waals surface area contributed by atoms with Gasteiger partial charge in [0.05, 0.1) is 12.4 Å². The van der Waals surface area contributed by atoms with E-state index < -0.39 is 0 Å². The molecule has 1 atom stereocenters. The van der Waals surface area contributed by atoms with Crippen molar-refractivity contribution in [1.82, 2.24) is 14.7 Å². The van der Waals surface area contributed by atoms with Crippen LogP contribution in [0.1, 0.15) is 19.8 Å². The molecule has 1 aromatic rings. The van der Waals surface area contributed by atoms with E-state index in [1.807, 2.05) is 16.9 Å². The van der Waals surface area contributed by atoms with Crippen molar-refractivity contribution in [3.63, 3.8) is 0 Å². The minimum atomic E-state index is 0.380. The normalized spacial score (nSPS) is 18.9. The van der Waals surface area contributed by atoms with Crippen LogP contribution in [0.2, 0.25) is 0 Å². The summed E-state index contributed by atoms with van der Waals surface area (Å²) in [6.45, 7) is 4.05. The molecule has 0 amide bonds. The quantitative estimate of drug-likeness (QED) is 0.785. The molecule has 0 bridgehead atoms. The third-order valence-corrected chi connectivity index (χ3v) is 2.70. The molecule has 2 heterocycles. The maximum atomic E-state index is 7.76. The van der Waals surface area contributed by atoms with Crippen molar-refractivity contribution in [2.75, 3.05) is 6.54 Å². The van der Waals surface area contributed by atoms with Crippen LogP contribution in [0, 0.1) is 5.41 Å². The predicted molar refractivity (Wildman–Crippen MR) is 55.4 cm³/mol. The lowest BCUT2D eigenvalue weighted by Gasteiger charge is -2.25. The Morgan fingerprint density at radius 2 is 2.50 bits per heavy atom. The first-order valence-corrected chi connectivity index (χ1v) is 5.09. The van der Waals surface area contributed by atoms with Crippen LogP contribution in [0.5, 0.6) is 0 Å². The molecular formula is C10H16N4. The van der Waals surface area contributed by atoms with E-state index in [0.717, 1.165) is 31.8 Å². The fourth-order valence-electron chi connectivity index (χ4n) is 1.96. The number of aromatic nitrogens is 2. The van der Waals surface area contributed by atoms with Crippen molar-refractivity contribution in [3.8, 4) is 0 Å². The minimum Gasteiger partial charge on any atom is -0.356 e. The van der Waals surface area contributed by atoms with Gasteiger partial charge < -0.3 is 4.90 Å². The van der Waals surface area contributed by atoms with Crippen LogP contribution in [-0.4, -0.2) is 33.1 Å². The zero-order valence-electron chi connectivity index (χ0n) is 8.48. The lowest BCUT2D eigenvalue weighted by atomic mass is 10.3. The average Bonchev–Trinajstić information content (AvgIpc) is 2.75. The van der Waals surface area contributed by atoms with Crippen LogP contribution in [0.3, 0.4) is 0 Å². The number of likely N-dealkylation sites (tertiary alicyclic amines) is 1. The Bertz CT molecular complexity index is 304. The van der Waals surface area contributed by atoms with Crippen LogP contribution in [0.4, 0.5) is 0 Å². The van der Waals surface area contributed by atoms with Crippen molar-refractivity contribution in [2.24, 2.45) is 0 Å². The van der Waals surface area contributed by atoms with E-state index in [1.54, 1.807) is 6.20 Å². The molecule has 0 aromatic carbocycles. The molecule has 1 aliphatic heterocycles. The number of rotatable bonds is 3. The number of hydrogen-bond donors (Lipinski definition) is 1. The third-order valence-electron chi connectivity index (χ3n) is 2.70. The maximum absolute atomic E-state index is 7.76. The van der Waals surface area contributed by atoms with Gasteiger partial charge in [-0.15, -0.1) is 0 Å². The molecule has 0 aliphatic carbocycles. The highest BCUT2D eigenvalue weighted by atomic mass is 15.3. The molecule has 76 valence electrons. The molecule has 14 heavy (non-hydrogen) atoms. The fourth-order valence-corrected chi connectivity index (χ4v) is 1.96. The highest BCUT2D eigenvalue weighted by molar-refractivity contribution is 5.81. The summed E-state index contributed by atoms with van der Waals surface area (Å²) in [5.41, 5.74) is 0. The van der Waals surface area contributed by atoms with Gasteiger partial charge in [0.1, 0.15) is 0 Å². The van der Waals surface area contributed by atoms with Gasteiger partial charge in [0.25, 0.3) is 0 Å². The first-order valence-electron chi connectivity index (χ1n) is 5.09. The molecule has 0 radical (unpaired) electrons. The van der Waals surface area contributed by atoms with E-state index in [-0.39, 0.29) is 0 Å². The first-order chi connectivity index (χ1) is 6.77. The topological polar surface area (TPSA) is 44.9 Å². The summed E-state index contributed by atoms with van der Waals surface area (Å²) in [4.78, 5) is 2.17. The lowest BCUT2D eigenvalue weighted by molar-refractivity contribution is 0.309. The summed E-state index contributed by atoms with van der Waals surface area (Å²) >= 11 is 0. The van der Waals surface area contributed by atoms with Gasteiger partial charge in [-0.3, -0.25) is 10.1 Å². The van der Waals surface area contributed by atoms with E-state index in [1.165, 1.54) is 0 Å². The minimum absolute atomic E-state index is 0.380. The molecule has 1 unspecified atom stereocenters. The summed E-state index contributed by atoms with van der Waals surface area (Å²) < 4.78 is 1.93. The first kappa shape index (κ1) is 9.24. The molecule has 1 aromatic heterocycles. The van der Waals surface area contributed by atoms with E-state index in [0.29, 0.717) is 6.04 Å². The highest BCUT2D eigenvalue weighted by Gasteiger charge is 2.22. The number of nitrogens with zero attached hydrogens (tertiary/aromatic N) is 3. The Hall–Kier alpha value is -1.32. The van der Waals surface area contributed by atoms with E-state index in [2.05, 4.69) is 16.9 Å². The van der Waals surface area contributed by atoms with Crippen LogP contribution in [0.15, 0.2) is 18.5 Å². The SMILES string of the molecule is CC(Cn1cccn1)N1CCCC1=N. The molecule has 2 rings (SSSR count). The Balaban J connectivity index is 1.95. The molecule has 4 heteroatoms. The van der Waals surface area contributed by atoms with E-state index in [9.17, 15) is 0 Å². The summed E-state index contributed by atoms with van der Waals surface area (Å²) in [6, 6.07) is 2.31. The van der Waals surface area contributed by atoms with Crippen LogP contribution in [-0.2, 0) is 6.54 Å². The van der Waals surface area contributed by atoms with Crippen molar-refractivity contribution >= 4 is 5.84 Å². The molecule has 1 N–H and O–H groups in total. The van der Waals surface area contributed by atoms with E-state index >= 15 is 0 Å². The van der Waals surface area contributed by atoms with E-state index in [4.69, 9.17) is 5.41 Å². The van der Waals surface area contributed by atoms with Crippen molar-refractivity contribution in [1.29, 1.82) is 5.41 Å². The Kier molecular flexibility index (Phi) is 2.52. The second-order valence-corrected chi connectivity index (χ2v) is 3.82. The maximum Gasteiger partial charge on any atom is 0.0961 e. The predicted octanol–water partition coefficient (Wildman–Crippen LogP) is 1.34. The molecular weight excluding hydrogens is 176 g/mol. The smallest absolute Gasteiger partial charge is 0.0961 e. The Morgan fingerprint density at radius 1 is 1.64 bits per heavy atom. The van der Waals surface area contributed by atoms with Gasteiger partial charge in [-0.05, 0) is 19.4 Å². The summed E-state index contributed by atoms with van der Waals surface area (Å²) in [7, 11) is 0. The molecule has 0 spiro atoms. The van der Waals surface area contributed by atoms with Crippen molar-refractivity contribution in [3.05, 3.63) is 18.5 Å². The van der Waals surface area contributed by atoms with Gasteiger partial charge >= 0.3 is 0 Å². The van der Waals surface area contributed by atoms with Gasteiger partial charge in [-0.1, -0.05) is 0 Å². The molecule has 0 saturated carbocycles. The van der Waals surface area contributed by atoms with Crippen LogP contribution < -0.4 is 0 Å². The zero-order valence-corrected chi connectivity index (χ0v) is 8.48. The number of hydrogen-bond acceptors (Lipinski definition) is 2. The zero-order chi connectivity index (χ0) is 9.97. The molecule has 1 fully saturated rings. The summed E-state index contributed by atoms with van der Waals surface area (Å²) in [6.07, 6.45) is 5.82. The molecule has 1 aliphatic rings. The standard InChI is InChI=1S/C10H16N4/c1-9(8-13-6-3-5-12-13)14-7-2-4-10(14)11/h3,5-6,9,11H,2,4,7-8H2,1H3. The van der Waals surface area contributed by atoms with Crippen molar-refractivity contribution < 1.29 is 0 Å². The largest absolute Gasteiger partial charge is 0.356 e. The molecule has 1 saturated heterocycles. The van der Waals surface area contributed by atoms with Gasteiger partial charge in [0, 0.05) is 31.4 Å². The van der Waals surface area contributed by atoms with Crippen LogP contribution in [0.25, 0.3) is 0 Å². The second kappa shape index (κ2) is 3.82. The van der Waals surface area contributed by atoms with Crippen molar-refractivity contribution in [2.45, 2.75) is 32.4 Å². The highest BCUT2D eigenvalue weighted by Crippen LogP contribution is 2.14. The second-order valence-electron chi connectivity index (χ2n) is 3.82. The lowest BCUT2D eigenvalue weighted by Crippen LogP contribution is -2.36. The number of amidine groups is 1. The molecule has 4 nitrogen and oxygen atoms in total. The van der Waals surface area contributed by atoms with Gasteiger partial charge in [-0.2, -0.15) is 5.10 Å². The van der Waals surface area contributed by atoms with Gasteiger partial charge in [-0.25, -0.2) is 0 Å². The van der Waals surface area contributed by atoms with Crippen LogP contribution >= 0.6 is 0 Å². The van der Waals surface area contributed by atoms with Gasteiger partial charge in [0.2, 0.25) is 0 Å². The number of nitrogens with one attached hydrogen (secondary N) is 1. The summed E-state index contributed by atoms with van der Waals surface area (Å²) in [5, 5.41) is 11.9. The average molecular weight is 192 g/mol. The monoisotopic (exact) mass is 192 g/mol. The Morgan fingerprint density at radius 3 is 3.07 bits per heavy atom. The van der Waals surface area contributed by atoms with Gasteiger partial charge in [0.15, 0.2) is 0 Å². The summed E-state index contributed by atoms with van der Waals surface area (Å²) in [5.74, 6) is 0.782. The third kappa shape index (κ3) is 1.78. The Labute approximate surface area is 84.0 Å². The fraction of sp³-hybridized carbons (Fsp3) is 0.600.